The number of aliphatic hydroxyl groups is 1. The Morgan fingerprint density at radius 3 is 2.65 bits per heavy atom. The van der Waals surface area contributed by atoms with Crippen molar-refractivity contribution in [2.45, 2.75) is 19.4 Å². The molecule has 0 radical (unpaired) electrons. The van der Waals surface area contributed by atoms with Gasteiger partial charge >= 0.3 is 0 Å². The minimum absolute atomic E-state index is 0.109. The molecule has 0 fully saturated rings. The highest BCUT2D eigenvalue weighted by Gasteiger charge is 2.44. The normalized spacial score (nSPS) is 16.5. The van der Waals surface area contributed by atoms with E-state index >= 15 is 0 Å². The van der Waals surface area contributed by atoms with Crippen molar-refractivity contribution in [2.75, 3.05) is 27.2 Å². The fraction of sp³-hybridized carbons (Fsp3) is 0.280. The van der Waals surface area contributed by atoms with E-state index in [2.05, 4.69) is 9.97 Å². The summed E-state index contributed by atoms with van der Waals surface area (Å²) < 4.78 is 1.96. The smallest absolute Gasteiger partial charge is 0.290 e. The Morgan fingerprint density at radius 1 is 1.18 bits per heavy atom. The van der Waals surface area contributed by atoms with Gasteiger partial charge in [0.1, 0.15) is 0 Å². The second-order valence-electron chi connectivity index (χ2n) is 8.66. The Labute approximate surface area is 200 Å². The average molecular weight is 476 g/mol. The maximum Gasteiger partial charge on any atom is 0.290 e. The maximum absolute atomic E-state index is 13.9. The number of fused-ring (bicyclic) bond motifs is 3. The number of amides is 1. The van der Waals surface area contributed by atoms with Crippen molar-refractivity contribution >= 4 is 39.0 Å². The summed E-state index contributed by atoms with van der Waals surface area (Å²) in [5.41, 5.74) is 3.37. The molecule has 1 unspecified atom stereocenters. The van der Waals surface area contributed by atoms with Gasteiger partial charge in [0.2, 0.25) is 5.78 Å². The van der Waals surface area contributed by atoms with Gasteiger partial charge in [0, 0.05) is 24.6 Å². The van der Waals surface area contributed by atoms with Crippen molar-refractivity contribution in [3.8, 4) is 0 Å². The molecular formula is C25H25N5O3S. The number of imidazole rings is 1. The molecule has 0 saturated heterocycles. The summed E-state index contributed by atoms with van der Waals surface area (Å²) in [6, 6.07) is 10.7. The van der Waals surface area contributed by atoms with Gasteiger partial charge in [-0.05, 0) is 63.8 Å². The van der Waals surface area contributed by atoms with E-state index in [1.165, 1.54) is 11.3 Å². The summed E-state index contributed by atoms with van der Waals surface area (Å²) in [6.07, 6.45) is 3.98. The number of rotatable bonds is 7. The highest BCUT2D eigenvalue weighted by atomic mass is 32.1. The van der Waals surface area contributed by atoms with Gasteiger partial charge in [0.15, 0.2) is 10.7 Å². The van der Waals surface area contributed by atoms with Crippen LogP contribution >= 0.6 is 11.3 Å². The van der Waals surface area contributed by atoms with Gasteiger partial charge in [-0.15, -0.1) is 0 Å². The number of aryl methyl sites for hydroxylation is 1. The number of ketones is 1. The number of carbonyl (C=O) groups is 2. The van der Waals surface area contributed by atoms with Crippen LogP contribution in [-0.2, 0) is 4.79 Å². The lowest BCUT2D eigenvalue weighted by molar-refractivity contribution is -0.129. The van der Waals surface area contributed by atoms with Crippen LogP contribution in [0.2, 0.25) is 0 Å². The third-order valence-corrected chi connectivity index (χ3v) is 7.31. The van der Waals surface area contributed by atoms with E-state index < -0.39 is 17.7 Å². The van der Waals surface area contributed by atoms with Gasteiger partial charge in [0.25, 0.3) is 5.91 Å². The zero-order chi connectivity index (χ0) is 24.0. The zero-order valence-electron chi connectivity index (χ0n) is 19.2. The first-order chi connectivity index (χ1) is 16.4. The number of para-hydroxylation sites is 2. The molecule has 0 bridgehead atoms. The summed E-state index contributed by atoms with van der Waals surface area (Å²) in [5.74, 6) is -1.35. The van der Waals surface area contributed by atoms with Crippen LogP contribution in [0.25, 0.3) is 16.0 Å². The van der Waals surface area contributed by atoms with Crippen LogP contribution < -0.4 is 0 Å². The number of nitrogens with zero attached hydrogens (tertiary/aromatic N) is 5. The number of carbonyl (C=O) groups excluding carboxylic acids is 2. The first-order valence-corrected chi connectivity index (χ1v) is 11.9. The molecule has 5 rings (SSSR count). The highest BCUT2D eigenvalue weighted by molar-refractivity contribution is 7.19. The molecular weight excluding hydrogens is 450 g/mol. The number of thiazole rings is 1. The zero-order valence-corrected chi connectivity index (χ0v) is 20.0. The standard InChI is InChI=1S/C25H25N5O3S/c1-15-23(34-25-27-17-7-4-5-8-18(17)30(15)25)21(31)19-20(16-9-11-26-12-10-16)29(24(33)22(19)32)14-6-13-28(2)3/h4-5,7-12,20,32H,6,13-14H2,1-3H3. The number of Topliss-reactive ketones (excluding diaryl/α,β-unsaturated/α-hetero) is 1. The third kappa shape index (κ3) is 3.57. The van der Waals surface area contributed by atoms with Crippen LogP contribution in [-0.4, -0.2) is 68.2 Å². The lowest BCUT2D eigenvalue weighted by Crippen LogP contribution is -2.33. The molecule has 8 nitrogen and oxygen atoms in total. The molecule has 4 aromatic rings. The van der Waals surface area contributed by atoms with E-state index in [9.17, 15) is 14.7 Å². The van der Waals surface area contributed by atoms with Gasteiger partial charge in [-0.25, -0.2) is 4.98 Å². The third-order valence-electron chi connectivity index (χ3n) is 6.17. The van der Waals surface area contributed by atoms with E-state index in [1.807, 2.05) is 54.6 Å². The number of aliphatic hydroxyl groups excluding tert-OH is 1. The van der Waals surface area contributed by atoms with Gasteiger partial charge in [0.05, 0.1) is 27.5 Å². The maximum atomic E-state index is 13.9. The van der Waals surface area contributed by atoms with E-state index in [-0.39, 0.29) is 11.4 Å². The molecule has 1 N–H and O–H groups in total. The van der Waals surface area contributed by atoms with Crippen LogP contribution in [0, 0.1) is 6.92 Å². The molecule has 1 aromatic carbocycles. The van der Waals surface area contributed by atoms with Crippen molar-refractivity contribution in [1.29, 1.82) is 0 Å². The highest BCUT2D eigenvalue weighted by Crippen LogP contribution is 2.40. The Kier molecular flexibility index (Phi) is 5.66. The molecule has 0 aliphatic carbocycles. The summed E-state index contributed by atoms with van der Waals surface area (Å²) in [6.45, 7) is 3.07. The van der Waals surface area contributed by atoms with Gasteiger partial charge in [-0.1, -0.05) is 23.5 Å². The topological polar surface area (TPSA) is 91.0 Å². The van der Waals surface area contributed by atoms with Crippen LogP contribution in [0.5, 0.6) is 0 Å². The Hall–Kier alpha value is -3.56. The Bertz CT molecular complexity index is 1440. The molecule has 1 amide bonds. The fourth-order valence-corrected chi connectivity index (χ4v) is 5.66. The van der Waals surface area contributed by atoms with Crippen molar-refractivity contribution in [2.24, 2.45) is 0 Å². The molecule has 0 spiro atoms. The largest absolute Gasteiger partial charge is 0.503 e. The quantitative estimate of drug-likeness (QED) is 0.409. The first kappa shape index (κ1) is 22.2. The van der Waals surface area contributed by atoms with E-state index in [1.54, 1.807) is 29.4 Å². The number of aromatic nitrogens is 3. The Morgan fingerprint density at radius 2 is 1.91 bits per heavy atom. The monoisotopic (exact) mass is 475 g/mol. The molecule has 1 atom stereocenters. The molecule has 174 valence electrons. The second-order valence-corrected chi connectivity index (χ2v) is 9.64. The predicted octanol–water partition coefficient (Wildman–Crippen LogP) is 3.78. The lowest BCUT2D eigenvalue weighted by atomic mass is 9.95. The summed E-state index contributed by atoms with van der Waals surface area (Å²) in [7, 11) is 3.94. The van der Waals surface area contributed by atoms with Crippen molar-refractivity contribution in [1.82, 2.24) is 24.2 Å². The molecule has 4 heterocycles. The molecule has 1 aliphatic heterocycles. The van der Waals surface area contributed by atoms with Gasteiger partial charge < -0.3 is 14.9 Å². The number of benzene rings is 1. The minimum atomic E-state index is -0.671. The minimum Gasteiger partial charge on any atom is -0.503 e. The van der Waals surface area contributed by atoms with Gasteiger partial charge in [-0.2, -0.15) is 0 Å². The van der Waals surface area contributed by atoms with Gasteiger partial charge in [-0.3, -0.25) is 19.0 Å². The number of hydrogen-bond acceptors (Lipinski definition) is 7. The van der Waals surface area contributed by atoms with Crippen molar-refractivity contribution in [3.63, 3.8) is 0 Å². The molecule has 0 saturated carbocycles. The molecule has 34 heavy (non-hydrogen) atoms. The summed E-state index contributed by atoms with van der Waals surface area (Å²) in [5, 5.41) is 10.9. The predicted molar refractivity (Wildman–Crippen MR) is 131 cm³/mol. The van der Waals surface area contributed by atoms with E-state index in [0.29, 0.717) is 22.8 Å². The molecule has 1 aliphatic rings. The summed E-state index contributed by atoms with van der Waals surface area (Å²) in [4.78, 5) is 40.5. The average Bonchev–Trinajstić information content (AvgIpc) is 3.44. The van der Waals surface area contributed by atoms with Crippen molar-refractivity contribution in [3.05, 3.63) is 76.3 Å². The lowest BCUT2D eigenvalue weighted by Gasteiger charge is -2.27. The van der Waals surface area contributed by atoms with E-state index in [0.717, 1.165) is 28.8 Å². The van der Waals surface area contributed by atoms with Crippen LogP contribution in [0.1, 0.15) is 33.4 Å². The van der Waals surface area contributed by atoms with Crippen molar-refractivity contribution < 1.29 is 14.7 Å². The SMILES string of the molecule is Cc1c(C(=O)C2=C(O)C(=O)N(CCCN(C)C)C2c2ccncc2)sc2nc3ccccc3n12. The fourth-order valence-electron chi connectivity index (χ4n) is 4.56. The second kappa shape index (κ2) is 8.66. The first-order valence-electron chi connectivity index (χ1n) is 11.1. The number of hydrogen-bond donors (Lipinski definition) is 1. The van der Waals surface area contributed by atoms with Crippen LogP contribution in [0.3, 0.4) is 0 Å². The summed E-state index contributed by atoms with van der Waals surface area (Å²) >= 11 is 1.28. The van der Waals surface area contributed by atoms with Crippen LogP contribution in [0.15, 0.2) is 60.1 Å². The van der Waals surface area contributed by atoms with Crippen LogP contribution in [0.4, 0.5) is 0 Å². The molecule has 3 aromatic heterocycles. The Balaban J connectivity index is 1.58. The van der Waals surface area contributed by atoms with E-state index in [4.69, 9.17) is 0 Å². The molecule has 9 heteroatoms. The number of pyridine rings is 1.